The van der Waals surface area contributed by atoms with E-state index in [-0.39, 0.29) is 17.1 Å². The van der Waals surface area contributed by atoms with Gasteiger partial charge in [-0.15, -0.1) is 0 Å². The van der Waals surface area contributed by atoms with Crippen molar-refractivity contribution in [3.05, 3.63) is 126 Å². The highest BCUT2D eigenvalue weighted by molar-refractivity contribution is 7.89. The van der Waals surface area contributed by atoms with Crippen LogP contribution in [0.5, 0.6) is 0 Å². The van der Waals surface area contributed by atoms with Crippen molar-refractivity contribution in [2.45, 2.75) is 62.6 Å². The normalized spacial score (nSPS) is 18.3. The molecule has 1 saturated heterocycles. The maximum atomic E-state index is 14.0. The molecule has 0 N–H and O–H groups in total. The first-order chi connectivity index (χ1) is 19.1. The number of sulfonamides is 1. The molecule has 1 fully saturated rings. The fourth-order valence-corrected chi connectivity index (χ4v) is 12.5. The van der Waals surface area contributed by atoms with E-state index in [9.17, 15) is 8.42 Å². The fourth-order valence-electron chi connectivity index (χ4n) is 6.09. The Labute approximate surface area is 240 Å². The quantitative estimate of drug-likeness (QED) is 0.217. The van der Waals surface area contributed by atoms with Gasteiger partial charge in [-0.2, -0.15) is 4.31 Å². The number of hydrogen-bond donors (Lipinski definition) is 0. The molecule has 0 aromatic heterocycles. The van der Waals surface area contributed by atoms with E-state index in [4.69, 9.17) is 4.43 Å². The summed E-state index contributed by atoms with van der Waals surface area (Å²) in [5.74, 6) is 0. The third-order valence-electron chi connectivity index (χ3n) is 8.13. The zero-order chi connectivity index (χ0) is 28.4. The van der Waals surface area contributed by atoms with Gasteiger partial charge in [-0.3, -0.25) is 0 Å². The highest BCUT2D eigenvalue weighted by Crippen LogP contribution is 2.45. The Balaban J connectivity index is 1.45. The van der Waals surface area contributed by atoms with Crippen molar-refractivity contribution in [2.24, 2.45) is 0 Å². The predicted octanol–water partition coefficient (Wildman–Crippen LogP) is 6.47. The summed E-state index contributed by atoms with van der Waals surface area (Å²) in [4.78, 5) is 0.344. The molecular weight excluding hydrogens is 531 g/mol. The van der Waals surface area contributed by atoms with Crippen LogP contribution in [0, 0.1) is 6.92 Å². The van der Waals surface area contributed by atoms with Gasteiger partial charge in [0.1, 0.15) is 0 Å². The molecule has 1 aliphatic heterocycles. The fraction of sp³-hybridized carbons (Fsp3) is 0.294. The van der Waals surface area contributed by atoms with E-state index in [0.29, 0.717) is 17.9 Å². The molecule has 1 aliphatic rings. The van der Waals surface area contributed by atoms with Crippen LogP contribution in [0.4, 0.5) is 0 Å². The number of rotatable bonds is 9. The summed E-state index contributed by atoms with van der Waals surface area (Å²) in [7, 11) is -6.37. The summed E-state index contributed by atoms with van der Waals surface area (Å²) in [5, 5.41) is 2.33. The van der Waals surface area contributed by atoms with E-state index in [0.717, 1.165) is 17.5 Å². The maximum Gasteiger partial charge on any atom is 0.261 e. The maximum absolute atomic E-state index is 14.0. The van der Waals surface area contributed by atoms with Crippen LogP contribution in [0.25, 0.3) is 0 Å². The van der Waals surface area contributed by atoms with Gasteiger partial charge >= 0.3 is 0 Å². The van der Waals surface area contributed by atoms with Crippen LogP contribution in [-0.2, 0) is 14.4 Å². The Bertz CT molecular complexity index is 1460. The van der Waals surface area contributed by atoms with Gasteiger partial charge in [0.25, 0.3) is 8.32 Å². The topological polar surface area (TPSA) is 46.6 Å². The molecule has 0 bridgehead atoms. The molecular formula is C34H39NO3SSi. The minimum atomic E-state index is -3.67. The Morgan fingerprint density at radius 3 is 1.77 bits per heavy atom. The first-order valence-electron chi connectivity index (χ1n) is 14.0. The second-order valence-electron chi connectivity index (χ2n) is 11.8. The molecule has 40 heavy (non-hydrogen) atoms. The molecule has 0 amide bonds. The first-order valence-corrected chi connectivity index (χ1v) is 17.4. The van der Waals surface area contributed by atoms with E-state index in [1.54, 1.807) is 16.4 Å². The lowest BCUT2D eigenvalue weighted by Gasteiger charge is -2.48. The van der Waals surface area contributed by atoms with Crippen molar-refractivity contribution in [3.63, 3.8) is 0 Å². The summed E-state index contributed by atoms with van der Waals surface area (Å²) < 4.78 is 36.8. The number of nitrogens with zero attached hydrogens (tertiary/aromatic N) is 1. The van der Waals surface area contributed by atoms with Gasteiger partial charge in [-0.05, 0) is 52.9 Å². The van der Waals surface area contributed by atoms with Crippen LogP contribution in [0.1, 0.15) is 50.8 Å². The van der Waals surface area contributed by atoms with Gasteiger partial charge in [0, 0.05) is 12.6 Å². The van der Waals surface area contributed by atoms with E-state index in [1.807, 2.05) is 61.5 Å². The summed E-state index contributed by atoms with van der Waals surface area (Å²) in [6, 6.07) is 38.0. The monoisotopic (exact) mass is 569 g/mol. The van der Waals surface area contributed by atoms with Crippen LogP contribution in [0.3, 0.4) is 0 Å². The van der Waals surface area contributed by atoms with Gasteiger partial charge in [-0.1, -0.05) is 129 Å². The lowest BCUT2D eigenvalue weighted by atomic mass is 9.89. The molecule has 4 aromatic rings. The molecule has 5 rings (SSSR count). The standard InChI is InChI=1S/C34H39NO3SSi/c1-27-20-22-30(23-21-27)39(36,37)35-29(26-33(35)28-14-8-5-9-15-28)24-25-38-40(34(2,3)4,31-16-10-6-11-17-31)32-18-12-7-13-19-32/h5-23,29,33H,24-26H2,1-4H3/t29-,33+/m1/s1. The summed E-state index contributed by atoms with van der Waals surface area (Å²) in [5.41, 5.74) is 2.07. The first kappa shape index (κ1) is 28.5. The third kappa shape index (κ3) is 5.33. The molecule has 4 nitrogen and oxygen atoms in total. The van der Waals surface area contributed by atoms with Crippen molar-refractivity contribution in [2.75, 3.05) is 6.61 Å². The highest BCUT2D eigenvalue weighted by Gasteiger charge is 2.51. The lowest BCUT2D eigenvalue weighted by molar-refractivity contribution is 0.0879. The summed E-state index contributed by atoms with van der Waals surface area (Å²) in [6.07, 6.45) is 1.41. The van der Waals surface area contributed by atoms with Gasteiger partial charge in [0.05, 0.1) is 10.9 Å². The predicted molar refractivity (Wildman–Crippen MR) is 166 cm³/mol. The number of benzene rings is 4. The second-order valence-corrected chi connectivity index (χ2v) is 17.9. The van der Waals surface area contributed by atoms with Crippen molar-refractivity contribution in [1.29, 1.82) is 0 Å². The average molecular weight is 570 g/mol. The Morgan fingerprint density at radius 1 is 0.775 bits per heavy atom. The van der Waals surface area contributed by atoms with Crippen molar-refractivity contribution >= 4 is 28.7 Å². The largest absolute Gasteiger partial charge is 0.407 e. The smallest absolute Gasteiger partial charge is 0.261 e. The molecule has 4 aromatic carbocycles. The molecule has 6 heteroatoms. The van der Waals surface area contributed by atoms with Gasteiger partial charge < -0.3 is 4.43 Å². The van der Waals surface area contributed by atoms with Crippen LogP contribution in [0.15, 0.2) is 120 Å². The molecule has 2 atom stereocenters. The molecule has 0 radical (unpaired) electrons. The molecule has 1 heterocycles. The highest BCUT2D eigenvalue weighted by atomic mass is 32.2. The summed E-state index contributed by atoms with van der Waals surface area (Å²) in [6.45, 7) is 9.25. The van der Waals surface area contributed by atoms with Crippen molar-refractivity contribution in [3.8, 4) is 0 Å². The van der Waals surface area contributed by atoms with E-state index in [1.165, 1.54) is 10.4 Å². The van der Waals surface area contributed by atoms with E-state index < -0.39 is 18.3 Å². The van der Waals surface area contributed by atoms with Crippen LogP contribution in [-0.4, -0.2) is 33.7 Å². The third-order valence-corrected chi connectivity index (χ3v) is 15.1. The van der Waals surface area contributed by atoms with Crippen LogP contribution >= 0.6 is 0 Å². The minimum Gasteiger partial charge on any atom is -0.407 e. The zero-order valence-electron chi connectivity index (χ0n) is 23.8. The van der Waals surface area contributed by atoms with E-state index >= 15 is 0 Å². The minimum absolute atomic E-state index is 0.129. The molecule has 0 saturated carbocycles. The van der Waals surface area contributed by atoms with E-state index in [2.05, 4.69) is 69.3 Å². The molecule has 0 aliphatic carbocycles. The Kier molecular flexibility index (Phi) is 8.16. The van der Waals surface area contributed by atoms with Gasteiger partial charge in [-0.25, -0.2) is 8.42 Å². The molecule has 0 spiro atoms. The van der Waals surface area contributed by atoms with Gasteiger partial charge in [0.2, 0.25) is 10.0 Å². The van der Waals surface area contributed by atoms with Crippen molar-refractivity contribution < 1.29 is 12.8 Å². The molecule has 0 unspecified atom stereocenters. The van der Waals surface area contributed by atoms with Crippen molar-refractivity contribution in [1.82, 2.24) is 4.31 Å². The molecule has 208 valence electrons. The Morgan fingerprint density at radius 2 is 1.27 bits per heavy atom. The lowest BCUT2D eigenvalue weighted by Crippen LogP contribution is -2.67. The summed E-state index contributed by atoms with van der Waals surface area (Å²) >= 11 is 0. The zero-order valence-corrected chi connectivity index (χ0v) is 25.6. The van der Waals surface area contributed by atoms with Crippen LogP contribution < -0.4 is 10.4 Å². The SMILES string of the molecule is Cc1ccc(S(=O)(=O)N2[C@H](CCO[Si](c3ccccc3)(c3ccccc3)C(C)(C)C)C[C@H]2c2ccccc2)cc1. The number of hydrogen-bond acceptors (Lipinski definition) is 3. The number of aryl methyl sites for hydroxylation is 1. The van der Waals surface area contributed by atoms with Crippen LogP contribution in [0.2, 0.25) is 5.04 Å². The average Bonchev–Trinajstić information content (AvgIpc) is 2.93. The van der Waals surface area contributed by atoms with Gasteiger partial charge in [0.15, 0.2) is 0 Å². The Hall–Kier alpha value is -3.03. The second kappa shape index (κ2) is 11.5.